The molecule has 1 aromatic heterocycles. The molecule has 0 saturated heterocycles. The highest BCUT2D eigenvalue weighted by molar-refractivity contribution is 7.14. The Labute approximate surface area is 105 Å². The van der Waals surface area contributed by atoms with Crippen molar-refractivity contribution in [3.63, 3.8) is 0 Å². The van der Waals surface area contributed by atoms with Crippen molar-refractivity contribution in [1.82, 2.24) is 9.88 Å². The Morgan fingerprint density at radius 2 is 2.12 bits per heavy atom. The maximum atomic E-state index is 11.8. The lowest BCUT2D eigenvalue weighted by molar-refractivity contribution is -0.129. The number of aromatic nitrogens is 1. The molecule has 0 bridgehead atoms. The highest BCUT2D eigenvalue weighted by atomic mass is 35.5. The lowest BCUT2D eigenvalue weighted by Crippen LogP contribution is -2.38. The Kier molecular flexibility index (Phi) is 5.02. The van der Waals surface area contributed by atoms with Crippen molar-refractivity contribution >= 4 is 34.0 Å². The van der Waals surface area contributed by atoms with E-state index in [1.54, 1.807) is 10.3 Å². The molecule has 0 N–H and O–H groups in total. The van der Waals surface area contributed by atoms with Crippen LogP contribution in [-0.4, -0.2) is 42.5 Å². The molecule has 90 valence electrons. The first-order valence-electron chi connectivity index (χ1n) is 5.18. The third-order valence-electron chi connectivity index (χ3n) is 2.28. The van der Waals surface area contributed by atoms with Gasteiger partial charge in [0.2, 0.25) is 5.91 Å². The second kappa shape index (κ2) is 6.06. The normalized spacial score (nSPS) is 10.2. The van der Waals surface area contributed by atoms with Gasteiger partial charge in [0.25, 0.3) is 0 Å². The van der Waals surface area contributed by atoms with Crippen LogP contribution in [0.15, 0.2) is 5.38 Å². The third-order valence-corrected chi connectivity index (χ3v) is 3.56. The molecule has 1 rings (SSSR count). The van der Waals surface area contributed by atoms with Crippen LogP contribution >= 0.6 is 22.9 Å². The summed E-state index contributed by atoms with van der Waals surface area (Å²) in [6.07, 6.45) is 0. The minimum absolute atomic E-state index is 0.110. The number of anilines is 1. The van der Waals surface area contributed by atoms with Gasteiger partial charge in [0, 0.05) is 25.5 Å². The van der Waals surface area contributed by atoms with Gasteiger partial charge < -0.3 is 9.80 Å². The molecule has 0 saturated carbocycles. The fourth-order valence-electron chi connectivity index (χ4n) is 1.37. The number of carbonyl (C=O) groups is 1. The molecule has 16 heavy (non-hydrogen) atoms. The van der Waals surface area contributed by atoms with Crippen LogP contribution in [0, 0.1) is 0 Å². The predicted octanol–water partition coefficient (Wildman–Crippen LogP) is 2.10. The van der Waals surface area contributed by atoms with Gasteiger partial charge in [-0.2, -0.15) is 0 Å². The minimum Gasteiger partial charge on any atom is -0.342 e. The Bertz CT molecular complexity index is 352. The molecule has 6 heteroatoms. The van der Waals surface area contributed by atoms with E-state index in [1.807, 2.05) is 25.8 Å². The van der Waals surface area contributed by atoms with Gasteiger partial charge in [-0.25, -0.2) is 4.98 Å². The quantitative estimate of drug-likeness (QED) is 0.815. The van der Waals surface area contributed by atoms with E-state index in [-0.39, 0.29) is 5.91 Å². The number of likely N-dealkylation sites (N-methyl/N-ethyl adjacent to an activating group) is 2. The van der Waals surface area contributed by atoms with Crippen LogP contribution in [0.4, 0.5) is 5.13 Å². The maximum absolute atomic E-state index is 11.8. The van der Waals surface area contributed by atoms with Crippen LogP contribution in [0.3, 0.4) is 0 Å². The van der Waals surface area contributed by atoms with E-state index in [4.69, 9.17) is 11.6 Å². The zero-order chi connectivity index (χ0) is 12.1. The van der Waals surface area contributed by atoms with E-state index < -0.39 is 0 Å². The molecule has 1 aromatic rings. The van der Waals surface area contributed by atoms with Crippen LogP contribution in [-0.2, 0) is 4.79 Å². The molecule has 0 aliphatic carbocycles. The van der Waals surface area contributed by atoms with E-state index in [2.05, 4.69) is 4.98 Å². The average molecular weight is 262 g/mol. The summed E-state index contributed by atoms with van der Waals surface area (Å²) < 4.78 is 0. The van der Waals surface area contributed by atoms with Crippen LogP contribution in [0.1, 0.15) is 13.8 Å². The first kappa shape index (κ1) is 13.3. The van der Waals surface area contributed by atoms with Gasteiger partial charge in [-0.15, -0.1) is 11.3 Å². The van der Waals surface area contributed by atoms with Gasteiger partial charge in [-0.1, -0.05) is 11.6 Å². The van der Waals surface area contributed by atoms with Gasteiger partial charge in [0.1, 0.15) is 5.15 Å². The highest BCUT2D eigenvalue weighted by Gasteiger charge is 2.14. The first-order chi connectivity index (χ1) is 7.58. The first-order valence-corrected chi connectivity index (χ1v) is 6.44. The number of hydrogen-bond donors (Lipinski definition) is 0. The van der Waals surface area contributed by atoms with Crippen molar-refractivity contribution < 1.29 is 4.79 Å². The monoisotopic (exact) mass is 261 g/mol. The van der Waals surface area contributed by atoms with E-state index in [0.717, 1.165) is 18.2 Å². The Morgan fingerprint density at radius 3 is 2.56 bits per heavy atom. The molecule has 1 heterocycles. The van der Waals surface area contributed by atoms with Gasteiger partial charge >= 0.3 is 0 Å². The van der Waals surface area contributed by atoms with Gasteiger partial charge in [-0.3, -0.25) is 4.79 Å². The van der Waals surface area contributed by atoms with Crippen molar-refractivity contribution in [2.75, 3.05) is 31.6 Å². The fraction of sp³-hybridized carbons (Fsp3) is 0.600. The van der Waals surface area contributed by atoms with Gasteiger partial charge in [0.15, 0.2) is 5.13 Å². The summed E-state index contributed by atoms with van der Waals surface area (Å²) >= 11 is 7.17. The van der Waals surface area contributed by atoms with Crippen molar-refractivity contribution in [1.29, 1.82) is 0 Å². The molecule has 0 aliphatic rings. The number of thiazole rings is 1. The SMILES string of the molecule is CCN(CC)C(=O)CN(C)c1nc(Cl)cs1. The van der Waals surface area contributed by atoms with Crippen LogP contribution < -0.4 is 4.90 Å². The summed E-state index contributed by atoms with van der Waals surface area (Å²) in [5.74, 6) is 0.110. The maximum Gasteiger partial charge on any atom is 0.242 e. The van der Waals surface area contributed by atoms with Gasteiger partial charge in [0.05, 0.1) is 6.54 Å². The van der Waals surface area contributed by atoms with Crippen molar-refractivity contribution in [2.45, 2.75) is 13.8 Å². The third kappa shape index (κ3) is 3.35. The number of amides is 1. The van der Waals surface area contributed by atoms with E-state index in [1.165, 1.54) is 11.3 Å². The van der Waals surface area contributed by atoms with Crippen molar-refractivity contribution in [2.24, 2.45) is 0 Å². The van der Waals surface area contributed by atoms with E-state index in [0.29, 0.717) is 11.7 Å². The topological polar surface area (TPSA) is 36.4 Å². The van der Waals surface area contributed by atoms with E-state index in [9.17, 15) is 4.79 Å². The molecular weight excluding hydrogens is 246 g/mol. The zero-order valence-corrected chi connectivity index (χ0v) is 11.3. The lowest BCUT2D eigenvalue weighted by Gasteiger charge is -2.22. The predicted molar refractivity (Wildman–Crippen MR) is 68.3 cm³/mol. The summed E-state index contributed by atoms with van der Waals surface area (Å²) in [4.78, 5) is 19.6. The highest BCUT2D eigenvalue weighted by Crippen LogP contribution is 2.21. The Hall–Kier alpha value is -0.810. The number of nitrogens with zero attached hydrogens (tertiary/aromatic N) is 3. The van der Waals surface area contributed by atoms with Crippen LogP contribution in [0.25, 0.3) is 0 Å². The molecule has 4 nitrogen and oxygen atoms in total. The molecular formula is C10H16ClN3OS. The summed E-state index contributed by atoms with van der Waals surface area (Å²) in [5.41, 5.74) is 0. The summed E-state index contributed by atoms with van der Waals surface area (Å²) in [6, 6.07) is 0. The Morgan fingerprint density at radius 1 is 1.50 bits per heavy atom. The van der Waals surface area contributed by atoms with Crippen molar-refractivity contribution in [3.8, 4) is 0 Å². The zero-order valence-electron chi connectivity index (χ0n) is 9.73. The van der Waals surface area contributed by atoms with Crippen LogP contribution in [0.2, 0.25) is 5.15 Å². The molecule has 0 fully saturated rings. The minimum atomic E-state index is 0.110. The fourth-order valence-corrected chi connectivity index (χ4v) is 2.28. The molecule has 0 unspecified atom stereocenters. The molecule has 0 radical (unpaired) electrons. The average Bonchev–Trinajstić information content (AvgIpc) is 2.66. The van der Waals surface area contributed by atoms with Crippen LogP contribution in [0.5, 0.6) is 0 Å². The second-order valence-corrected chi connectivity index (χ2v) is 4.60. The number of hydrogen-bond acceptors (Lipinski definition) is 4. The molecule has 0 aliphatic heterocycles. The van der Waals surface area contributed by atoms with Crippen molar-refractivity contribution in [3.05, 3.63) is 10.5 Å². The summed E-state index contributed by atoms with van der Waals surface area (Å²) in [6.45, 7) is 5.76. The summed E-state index contributed by atoms with van der Waals surface area (Å²) in [5, 5.41) is 3.00. The van der Waals surface area contributed by atoms with E-state index >= 15 is 0 Å². The number of halogens is 1. The number of rotatable bonds is 5. The number of carbonyl (C=O) groups excluding carboxylic acids is 1. The second-order valence-electron chi connectivity index (χ2n) is 3.37. The molecule has 0 aromatic carbocycles. The summed E-state index contributed by atoms with van der Waals surface area (Å²) in [7, 11) is 1.84. The Balaban J connectivity index is 2.57. The smallest absolute Gasteiger partial charge is 0.242 e. The molecule has 0 spiro atoms. The molecule has 0 atom stereocenters. The largest absolute Gasteiger partial charge is 0.342 e. The lowest BCUT2D eigenvalue weighted by atomic mass is 10.4. The standard InChI is InChI=1S/C10H16ClN3OS/c1-4-14(5-2)9(15)6-13(3)10-12-8(11)7-16-10/h7H,4-6H2,1-3H3. The molecule has 1 amide bonds. The van der Waals surface area contributed by atoms with Gasteiger partial charge in [-0.05, 0) is 13.8 Å².